The third kappa shape index (κ3) is 1.63. The van der Waals surface area contributed by atoms with E-state index in [9.17, 15) is 4.79 Å². The van der Waals surface area contributed by atoms with Crippen molar-refractivity contribution in [3.05, 3.63) is 0 Å². The molecule has 0 radical (unpaired) electrons. The third-order valence-corrected chi connectivity index (χ3v) is 3.35. The van der Waals surface area contributed by atoms with Gasteiger partial charge < -0.3 is 4.90 Å². The van der Waals surface area contributed by atoms with Gasteiger partial charge in [-0.25, -0.2) is 5.84 Å². The number of nitrogens with one attached hydrogen (secondary N) is 1. The maximum atomic E-state index is 11.0. The van der Waals surface area contributed by atoms with Crippen LogP contribution in [0.4, 0.5) is 0 Å². The molecule has 0 aromatic carbocycles. The van der Waals surface area contributed by atoms with E-state index in [0.717, 1.165) is 31.0 Å². The second-order valence-electron chi connectivity index (χ2n) is 4.54. The molecule has 1 amide bonds. The molecule has 5 nitrogen and oxygen atoms in total. The molecule has 3 N–H and O–H groups in total. The Morgan fingerprint density at radius 1 is 1.50 bits per heavy atom. The smallest absolute Gasteiger partial charge is 0.248 e. The number of carbonyl (C=O) groups excluding carboxylic acids is 1. The Balaban J connectivity index is 1.76. The first kappa shape index (κ1) is 9.89. The standard InChI is InChI=1S/C9H18N4O/c1-12(2)9-6-3-13(4-7(6)9)5-8(14)11-10/h6-7,9H,3-5,10H2,1-2H3,(H,11,14). The molecule has 1 aliphatic carbocycles. The van der Waals surface area contributed by atoms with Crippen molar-refractivity contribution in [2.24, 2.45) is 17.7 Å². The number of hydrazine groups is 1. The lowest BCUT2D eigenvalue weighted by Gasteiger charge is -2.20. The van der Waals surface area contributed by atoms with E-state index in [4.69, 9.17) is 5.84 Å². The van der Waals surface area contributed by atoms with Crippen molar-refractivity contribution in [1.82, 2.24) is 15.2 Å². The predicted molar refractivity (Wildman–Crippen MR) is 53.2 cm³/mol. The van der Waals surface area contributed by atoms with Crippen molar-refractivity contribution in [3.8, 4) is 0 Å². The fourth-order valence-corrected chi connectivity index (χ4v) is 2.73. The minimum absolute atomic E-state index is 0.0901. The van der Waals surface area contributed by atoms with Gasteiger partial charge in [-0.1, -0.05) is 0 Å². The topological polar surface area (TPSA) is 61.6 Å². The molecule has 1 heterocycles. The van der Waals surface area contributed by atoms with Crippen molar-refractivity contribution < 1.29 is 4.79 Å². The molecule has 2 fully saturated rings. The molecule has 0 aromatic rings. The molecule has 1 saturated heterocycles. The summed E-state index contributed by atoms with van der Waals surface area (Å²) >= 11 is 0. The molecule has 2 rings (SSSR count). The summed E-state index contributed by atoms with van der Waals surface area (Å²) in [5, 5.41) is 0. The van der Waals surface area contributed by atoms with Crippen LogP contribution in [0.1, 0.15) is 0 Å². The molecule has 2 unspecified atom stereocenters. The second kappa shape index (κ2) is 3.49. The summed E-state index contributed by atoms with van der Waals surface area (Å²) in [5.41, 5.74) is 2.16. The maximum Gasteiger partial charge on any atom is 0.248 e. The Morgan fingerprint density at radius 2 is 2.07 bits per heavy atom. The molecule has 1 aliphatic heterocycles. The van der Waals surface area contributed by atoms with Crippen LogP contribution < -0.4 is 11.3 Å². The Labute approximate surface area is 84.2 Å². The molecule has 2 aliphatic rings. The van der Waals surface area contributed by atoms with Gasteiger partial charge in [0.15, 0.2) is 0 Å². The minimum Gasteiger partial charge on any atom is -0.306 e. The minimum atomic E-state index is -0.0901. The highest BCUT2D eigenvalue weighted by Gasteiger charge is 2.56. The third-order valence-electron chi connectivity index (χ3n) is 3.35. The van der Waals surface area contributed by atoms with E-state index in [2.05, 4.69) is 29.3 Å². The highest BCUT2D eigenvalue weighted by atomic mass is 16.2. The van der Waals surface area contributed by atoms with Crippen LogP contribution in [0.15, 0.2) is 0 Å². The fourth-order valence-electron chi connectivity index (χ4n) is 2.73. The van der Waals surface area contributed by atoms with E-state index in [0.29, 0.717) is 6.54 Å². The number of likely N-dealkylation sites (tertiary alicyclic amines) is 1. The molecule has 80 valence electrons. The maximum absolute atomic E-state index is 11.0. The van der Waals surface area contributed by atoms with Crippen LogP contribution in [0.25, 0.3) is 0 Å². The molecule has 2 atom stereocenters. The average molecular weight is 198 g/mol. The Morgan fingerprint density at radius 3 is 2.50 bits per heavy atom. The van der Waals surface area contributed by atoms with Crippen molar-refractivity contribution in [2.75, 3.05) is 33.7 Å². The number of hydrogen-bond acceptors (Lipinski definition) is 4. The zero-order chi connectivity index (χ0) is 10.3. The number of rotatable bonds is 3. The summed E-state index contributed by atoms with van der Waals surface area (Å²) in [4.78, 5) is 15.5. The van der Waals surface area contributed by atoms with Gasteiger partial charge in [-0.05, 0) is 25.9 Å². The van der Waals surface area contributed by atoms with E-state index in [-0.39, 0.29) is 5.91 Å². The van der Waals surface area contributed by atoms with Crippen LogP contribution in [0, 0.1) is 11.8 Å². The quantitative estimate of drug-likeness (QED) is 0.328. The van der Waals surface area contributed by atoms with Crippen LogP contribution in [-0.4, -0.2) is 55.5 Å². The van der Waals surface area contributed by atoms with E-state index in [1.165, 1.54) is 0 Å². The fraction of sp³-hybridized carbons (Fsp3) is 0.889. The number of amides is 1. The number of nitrogens with zero attached hydrogens (tertiary/aromatic N) is 2. The van der Waals surface area contributed by atoms with Crippen molar-refractivity contribution >= 4 is 5.91 Å². The van der Waals surface area contributed by atoms with Gasteiger partial charge in [0.2, 0.25) is 5.91 Å². The number of hydrogen-bond donors (Lipinski definition) is 2. The van der Waals surface area contributed by atoms with Gasteiger partial charge in [0, 0.05) is 19.1 Å². The molecule has 0 spiro atoms. The Kier molecular flexibility index (Phi) is 2.47. The van der Waals surface area contributed by atoms with Crippen LogP contribution in [0.5, 0.6) is 0 Å². The van der Waals surface area contributed by atoms with E-state index in [1.807, 2.05) is 0 Å². The number of carbonyl (C=O) groups is 1. The normalized spacial score (nSPS) is 35.9. The first-order valence-electron chi connectivity index (χ1n) is 5.01. The summed E-state index contributed by atoms with van der Waals surface area (Å²) in [5.74, 6) is 6.49. The average Bonchev–Trinajstić information content (AvgIpc) is 2.65. The highest BCUT2D eigenvalue weighted by Crippen LogP contribution is 2.47. The summed E-state index contributed by atoms with van der Waals surface area (Å²) in [6.07, 6.45) is 0. The zero-order valence-electron chi connectivity index (χ0n) is 8.73. The van der Waals surface area contributed by atoms with Crippen molar-refractivity contribution in [3.63, 3.8) is 0 Å². The Bertz CT molecular complexity index is 231. The number of piperidine rings is 1. The van der Waals surface area contributed by atoms with Gasteiger partial charge in [-0.3, -0.25) is 15.1 Å². The van der Waals surface area contributed by atoms with Crippen LogP contribution in [0.2, 0.25) is 0 Å². The molecule has 0 bridgehead atoms. The van der Waals surface area contributed by atoms with Crippen LogP contribution in [-0.2, 0) is 4.79 Å². The lowest BCUT2D eigenvalue weighted by atomic mass is 10.3. The van der Waals surface area contributed by atoms with Gasteiger partial charge >= 0.3 is 0 Å². The Hall–Kier alpha value is -0.650. The lowest BCUT2D eigenvalue weighted by Crippen LogP contribution is -2.41. The molecule has 1 saturated carbocycles. The highest BCUT2D eigenvalue weighted by molar-refractivity contribution is 5.77. The summed E-state index contributed by atoms with van der Waals surface area (Å²) in [6, 6.07) is 0.743. The first-order valence-corrected chi connectivity index (χ1v) is 5.01. The largest absolute Gasteiger partial charge is 0.306 e. The monoisotopic (exact) mass is 198 g/mol. The lowest BCUT2D eigenvalue weighted by molar-refractivity contribution is -0.122. The first-order chi connectivity index (χ1) is 6.63. The summed E-state index contributed by atoms with van der Waals surface area (Å²) < 4.78 is 0. The van der Waals surface area contributed by atoms with Crippen molar-refractivity contribution in [1.29, 1.82) is 0 Å². The van der Waals surface area contributed by atoms with Gasteiger partial charge in [-0.15, -0.1) is 0 Å². The summed E-state index contributed by atoms with van der Waals surface area (Å²) in [7, 11) is 4.25. The van der Waals surface area contributed by atoms with Crippen molar-refractivity contribution in [2.45, 2.75) is 6.04 Å². The molecular weight excluding hydrogens is 180 g/mol. The van der Waals surface area contributed by atoms with Crippen LogP contribution in [0.3, 0.4) is 0 Å². The predicted octanol–water partition coefficient (Wildman–Crippen LogP) is -1.53. The SMILES string of the molecule is CN(C)C1C2CN(CC(=O)NN)CC21. The van der Waals surface area contributed by atoms with Gasteiger partial charge in [-0.2, -0.15) is 0 Å². The van der Waals surface area contributed by atoms with E-state index >= 15 is 0 Å². The zero-order valence-corrected chi connectivity index (χ0v) is 8.73. The number of fused-ring (bicyclic) bond motifs is 1. The van der Waals surface area contributed by atoms with Gasteiger partial charge in [0.05, 0.1) is 6.54 Å². The molecule has 0 aromatic heterocycles. The molecular formula is C9H18N4O. The van der Waals surface area contributed by atoms with E-state index in [1.54, 1.807) is 0 Å². The van der Waals surface area contributed by atoms with Gasteiger partial charge in [0.25, 0.3) is 0 Å². The van der Waals surface area contributed by atoms with Gasteiger partial charge in [0.1, 0.15) is 0 Å². The summed E-state index contributed by atoms with van der Waals surface area (Å²) in [6.45, 7) is 2.53. The van der Waals surface area contributed by atoms with Crippen LogP contribution >= 0.6 is 0 Å². The molecule has 5 heteroatoms. The van der Waals surface area contributed by atoms with E-state index < -0.39 is 0 Å². The number of nitrogens with two attached hydrogens (primary N) is 1. The second-order valence-corrected chi connectivity index (χ2v) is 4.54. The molecule has 14 heavy (non-hydrogen) atoms.